The Morgan fingerprint density at radius 1 is 1.33 bits per heavy atom. The van der Waals surface area contributed by atoms with Crippen LogP contribution >= 0.6 is 0 Å². The molecule has 8 heteroatoms. The van der Waals surface area contributed by atoms with E-state index >= 15 is 0 Å². The van der Waals surface area contributed by atoms with E-state index in [0.29, 0.717) is 17.8 Å². The van der Waals surface area contributed by atoms with Crippen molar-refractivity contribution in [2.75, 3.05) is 6.61 Å². The van der Waals surface area contributed by atoms with Crippen molar-refractivity contribution in [3.63, 3.8) is 0 Å². The predicted octanol–water partition coefficient (Wildman–Crippen LogP) is 1.37. The fourth-order valence-corrected chi connectivity index (χ4v) is 5.18. The minimum Gasteiger partial charge on any atom is -0.458 e. The lowest BCUT2D eigenvalue weighted by Crippen LogP contribution is -2.56. The molecule has 0 aromatic carbocycles. The second-order valence-corrected chi connectivity index (χ2v) is 8.58. The van der Waals surface area contributed by atoms with Gasteiger partial charge in [-0.3, -0.25) is 4.79 Å². The topological polar surface area (TPSA) is 112 Å². The Bertz CT molecular complexity index is 895. The standard InChI is InChI=1S/C22H26O8/c1-6-10(2)19(24)29-15-8-21(9-27-21)17-14(28-13(5)23)7-11(3)22(17,26)18-16(15)12(4)20(25)30-18/h6-7,14-18,26H,4,8-9H2,1-3,5H3/b10-6-/t14-,15+,16+,17-,18-,21-,22+/m0/s1. The number of allylic oxidation sites excluding steroid dienone is 1. The molecule has 1 saturated carbocycles. The third kappa shape index (κ3) is 2.85. The summed E-state index contributed by atoms with van der Waals surface area (Å²) in [7, 11) is 0. The molecule has 3 fully saturated rings. The monoisotopic (exact) mass is 418 g/mol. The first-order valence-corrected chi connectivity index (χ1v) is 10.0. The summed E-state index contributed by atoms with van der Waals surface area (Å²) < 4.78 is 22.7. The van der Waals surface area contributed by atoms with Gasteiger partial charge in [-0.1, -0.05) is 12.7 Å². The zero-order valence-corrected chi connectivity index (χ0v) is 17.5. The molecule has 1 N–H and O–H groups in total. The number of hydrogen-bond donors (Lipinski definition) is 1. The lowest BCUT2D eigenvalue weighted by atomic mass is 9.73. The number of rotatable bonds is 3. The summed E-state index contributed by atoms with van der Waals surface area (Å²) >= 11 is 0. The van der Waals surface area contributed by atoms with Gasteiger partial charge in [0.2, 0.25) is 0 Å². The molecular formula is C22H26O8. The normalized spacial score (nSPS) is 42.1. The van der Waals surface area contributed by atoms with Crippen molar-refractivity contribution >= 4 is 17.9 Å². The van der Waals surface area contributed by atoms with E-state index in [0.717, 1.165) is 0 Å². The first-order valence-electron chi connectivity index (χ1n) is 10.0. The van der Waals surface area contributed by atoms with Gasteiger partial charge >= 0.3 is 17.9 Å². The molecule has 0 radical (unpaired) electrons. The zero-order valence-electron chi connectivity index (χ0n) is 17.5. The van der Waals surface area contributed by atoms with Crippen molar-refractivity contribution in [3.8, 4) is 0 Å². The number of epoxide rings is 1. The summed E-state index contributed by atoms with van der Waals surface area (Å²) in [5.74, 6) is -3.11. The largest absolute Gasteiger partial charge is 0.458 e. The minimum absolute atomic E-state index is 0.143. The van der Waals surface area contributed by atoms with Crippen LogP contribution < -0.4 is 0 Å². The predicted molar refractivity (Wildman–Crippen MR) is 103 cm³/mol. The summed E-state index contributed by atoms with van der Waals surface area (Å²) in [6, 6.07) is 0. The van der Waals surface area contributed by atoms with Gasteiger partial charge < -0.3 is 24.1 Å². The average Bonchev–Trinajstić information content (AvgIpc) is 3.31. The van der Waals surface area contributed by atoms with E-state index in [1.807, 2.05) is 0 Å². The fourth-order valence-electron chi connectivity index (χ4n) is 5.18. The second-order valence-electron chi connectivity index (χ2n) is 8.58. The maximum Gasteiger partial charge on any atom is 0.334 e. The number of hydrogen-bond acceptors (Lipinski definition) is 8. The molecule has 0 aromatic heterocycles. The van der Waals surface area contributed by atoms with E-state index in [2.05, 4.69) is 6.58 Å². The zero-order chi connectivity index (χ0) is 22.0. The van der Waals surface area contributed by atoms with Crippen LogP contribution in [-0.2, 0) is 33.3 Å². The number of aliphatic hydroxyl groups is 1. The molecule has 2 aliphatic carbocycles. The molecule has 1 spiro atoms. The van der Waals surface area contributed by atoms with Crippen molar-refractivity contribution in [2.24, 2.45) is 11.8 Å². The van der Waals surface area contributed by atoms with E-state index in [1.165, 1.54) is 6.92 Å². The average molecular weight is 418 g/mol. The summed E-state index contributed by atoms with van der Waals surface area (Å²) in [5, 5.41) is 11.9. The van der Waals surface area contributed by atoms with Gasteiger partial charge in [0.1, 0.15) is 29.5 Å². The number of carbonyl (C=O) groups excluding carboxylic acids is 3. The first kappa shape index (κ1) is 20.8. The number of fused-ring (bicyclic) bond motifs is 4. The van der Waals surface area contributed by atoms with Gasteiger partial charge in [-0.05, 0) is 32.4 Å². The van der Waals surface area contributed by atoms with Crippen LogP contribution in [0.4, 0.5) is 0 Å². The summed E-state index contributed by atoms with van der Waals surface area (Å²) in [6.07, 6.45) is 0.952. The highest BCUT2D eigenvalue weighted by molar-refractivity contribution is 5.92. The van der Waals surface area contributed by atoms with Crippen LogP contribution in [0.25, 0.3) is 0 Å². The van der Waals surface area contributed by atoms with Gasteiger partial charge in [0.05, 0.1) is 18.4 Å². The molecule has 30 heavy (non-hydrogen) atoms. The van der Waals surface area contributed by atoms with E-state index in [9.17, 15) is 19.5 Å². The highest BCUT2D eigenvalue weighted by Gasteiger charge is 2.74. The Morgan fingerprint density at radius 2 is 2.00 bits per heavy atom. The van der Waals surface area contributed by atoms with Gasteiger partial charge in [0.25, 0.3) is 0 Å². The highest BCUT2D eigenvalue weighted by Crippen LogP contribution is 2.60. The molecule has 7 atom stereocenters. The van der Waals surface area contributed by atoms with Crippen molar-refractivity contribution < 1.29 is 38.4 Å². The molecule has 162 valence electrons. The quantitative estimate of drug-likeness (QED) is 0.241. The number of carbonyl (C=O) groups is 3. The molecule has 8 nitrogen and oxygen atoms in total. The van der Waals surface area contributed by atoms with E-state index in [4.69, 9.17) is 18.9 Å². The third-order valence-corrected chi connectivity index (χ3v) is 6.85. The molecule has 0 unspecified atom stereocenters. The van der Waals surface area contributed by atoms with Gasteiger partial charge in [-0.2, -0.15) is 0 Å². The maximum absolute atomic E-state index is 12.5. The van der Waals surface area contributed by atoms with Crippen molar-refractivity contribution in [2.45, 2.75) is 63.6 Å². The van der Waals surface area contributed by atoms with E-state index < -0.39 is 59.3 Å². The molecule has 4 aliphatic rings. The smallest absolute Gasteiger partial charge is 0.334 e. The Hall–Kier alpha value is -2.45. The van der Waals surface area contributed by atoms with Gasteiger partial charge in [-0.25, -0.2) is 9.59 Å². The van der Waals surface area contributed by atoms with E-state index in [-0.39, 0.29) is 12.0 Å². The lowest BCUT2D eigenvalue weighted by molar-refractivity contribution is -0.169. The van der Waals surface area contributed by atoms with Gasteiger partial charge in [0, 0.05) is 24.5 Å². The second kappa shape index (κ2) is 6.78. The molecule has 2 heterocycles. The molecule has 4 rings (SSSR count). The van der Waals surface area contributed by atoms with Crippen LogP contribution in [0, 0.1) is 11.8 Å². The van der Waals surface area contributed by atoms with Crippen LogP contribution in [0.3, 0.4) is 0 Å². The molecule has 2 saturated heterocycles. The number of ether oxygens (including phenoxy) is 4. The van der Waals surface area contributed by atoms with Crippen LogP contribution in [0.2, 0.25) is 0 Å². The van der Waals surface area contributed by atoms with Crippen molar-refractivity contribution in [1.82, 2.24) is 0 Å². The lowest BCUT2D eigenvalue weighted by Gasteiger charge is -2.39. The third-order valence-electron chi connectivity index (χ3n) is 6.85. The summed E-state index contributed by atoms with van der Waals surface area (Å²) in [6.45, 7) is 10.5. The van der Waals surface area contributed by atoms with Gasteiger partial charge in [-0.15, -0.1) is 0 Å². The first-order chi connectivity index (χ1) is 14.0. The number of esters is 3. The summed E-state index contributed by atoms with van der Waals surface area (Å²) in [4.78, 5) is 36.7. The van der Waals surface area contributed by atoms with Crippen LogP contribution in [0.15, 0.2) is 35.5 Å². The summed E-state index contributed by atoms with van der Waals surface area (Å²) in [5.41, 5.74) is -1.44. The SMILES string of the molecule is C=C1C(=O)O[C@H]2[C@H]1[C@H](OC(=O)/C(C)=C\C)C[C@]1(CO1)[C@@H]1[C@@H](OC(C)=O)C=C(C)[C@]21O. The molecule has 2 aliphatic heterocycles. The Morgan fingerprint density at radius 3 is 2.57 bits per heavy atom. The van der Waals surface area contributed by atoms with Crippen LogP contribution in [0.5, 0.6) is 0 Å². The molecular weight excluding hydrogens is 392 g/mol. The highest BCUT2D eigenvalue weighted by atomic mass is 16.6. The molecule has 0 amide bonds. The van der Waals surface area contributed by atoms with Gasteiger partial charge in [0.15, 0.2) is 0 Å². The Kier molecular flexibility index (Phi) is 4.70. The van der Waals surface area contributed by atoms with Crippen LogP contribution in [0.1, 0.15) is 34.1 Å². The van der Waals surface area contributed by atoms with Crippen LogP contribution in [-0.4, -0.2) is 59.1 Å². The minimum atomic E-state index is -1.65. The Labute approximate surface area is 174 Å². The molecule has 0 aromatic rings. The van der Waals surface area contributed by atoms with Crippen molar-refractivity contribution in [3.05, 3.63) is 35.5 Å². The fraction of sp³-hybridized carbons (Fsp3) is 0.591. The van der Waals surface area contributed by atoms with E-state index in [1.54, 1.807) is 32.9 Å². The Balaban J connectivity index is 1.80. The maximum atomic E-state index is 12.5. The molecule has 0 bridgehead atoms. The van der Waals surface area contributed by atoms with Crippen molar-refractivity contribution in [1.29, 1.82) is 0 Å².